The van der Waals surface area contributed by atoms with Gasteiger partial charge in [0.25, 0.3) is 0 Å². The van der Waals surface area contributed by atoms with Gasteiger partial charge in [-0.25, -0.2) is 0 Å². The van der Waals surface area contributed by atoms with E-state index < -0.39 is 0 Å². The first-order valence-corrected chi connectivity index (χ1v) is 15.0. The summed E-state index contributed by atoms with van der Waals surface area (Å²) in [5, 5.41) is 0. The quantitative estimate of drug-likeness (QED) is 0.258. The summed E-state index contributed by atoms with van der Waals surface area (Å²) in [5.41, 5.74) is 2.15. The van der Waals surface area contributed by atoms with E-state index in [0.717, 1.165) is 64.4 Å². The molecule has 2 fully saturated rings. The van der Waals surface area contributed by atoms with Crippen LogP contribution in [0.15, 0.2) is 48.6 Å². The van der Waals surface area contributed by atoms with E-state index in [4.69, 9.17) is 9.47 Å². The molecule has 3 nitrogen and oxygen atoms in total. The van der Waals surface area contributed by atoms with Crippen LogP contribution in [0.4, 0.5) is 0 Å². The summed E-state index contributed by atoms with van der Waals surface area (Å²) >= 11 is 0. The number of ketones is 1. The summed E-state index contributed by atoms with van der Waals surface area (Å²) in [6, 6.07) is 10.6. The normalized spacial score (nSPS) is 28.6. The third-order valence-electron chi connectivity index (χ3n) is 8.74. The Balaban J connectivity index is 1.36. The fourth-order valence-corrected chi connectivity index (χ4v) is 6.46. The maximum absolute atomic E-state index is 13.9. The monoisotopic (exact) mass is 492 g/mol. The Bertz CT molecular complexity index is 843. The van der Waals surface area contributed by atoms with E-state index in [1.165, 1.54) is 56.1 Å². The van der Waals surface area contributed by atoms with Crippen molar-refractivity contribution in [2.75, 3.05) is 6.61 Å². The lowest BCUT2D eigenvalue weighted by atomic mass is 9.61. The van der Waals surface area contributed by atoms with E-state index in [1.807, 2.05) is 0 Å². The Morgan fingerprint density at radius 1 is 0.944 bits per heavy atom. The van der Waals surface area contributed by atoms with Crippen molar-refractivity contribution in [2.45, 2.75) is 122 Å². The van der Waals surface area contributed by atoms with Crippen molar-refractivity contribution in [1.29, 1.82) is 0 Å². The molecule has 3 heteroatoms. The number of benzene rings is 1. The smallest absolute Gasteiger partial charge is 0.157 e. The molecule has 0 N–H and O–H groups in total. The molecule has 1 heterocycles. The van der Waals surface area contributed by atoms with Gasteiger partial charge in [-0.15, -0.1) is 0 Å². The first-order chi connectivity index (χ1) is 17.7. The number of rotatable bonds is 13. The van der Waals surface area contributed by atoms with E-state index in [2.05, 4.69) is 55.5 Å². The summed E-state index contributed by atoms with van der Waals surface area (Å²) in [7, 11) is 0. The van der Waals surface area contributed by atoms with Crippen molar-refractivity contribution >= 4 is 11.4 Å². The molecule has 2 aliphatic carbocycles. The van der Waals surface area contributed by atoms with E-state index in [1.54, 1.807) is 0 Å². The van der Waals surface area contributed by atoms with Gasteiger partial charge in [0.2, 0.25) is 0 Å². The van der Waals surface area contributed by atoms with Crippen molar-refractivity contribution in [2.24, 2.45) is 11.3 Å². The van der Waals surface area contributed by atoms with Gasteiger partial charge in [0.1, 0.15) is 5.78 Å². The highest BCUT2D eigenvalue weighted by Crippen LogP contribution is 2.48. The van der Waals surface area contributed by atoms with Gasteiger partial charge >= 0.3 is 0 Å². The molecule has 36 heavy (non-hydrogen) atoms. The maximum Gasteiger partial charge on any atom is 0.157 e. The van der Waals surface area contributed by atoms with Gasteiger partial charge in [0.15, 0.2) is 6.29 Å². The minimum Gasteiger partial charge on any atom is -0.353 e. The summed E-state index contributed by atoms with van der Waals surface area (Å²) < 4.78 is 12.1. The van der Waals surface area contributed by atoms with Crippen molar-refractivity contribution in [3.05, 3.63) is 54.1 Å². The molecule has 1 saturated heterocycles. The molecule has 198 valence electrons. The molecule has 0 radical (unpaired) electrons. The van der Waals surface area contributed by atoms with Crippen molar-refractivity contribution in [3.63, 3.8) is 0 Å². The first-order valence-electron chi connectivity index (χ1n) is 15.0. The fraction of sp³-hybridized carbons (Fsp3) is 0.667. The van der Waals surface area contributed by atoms with Crippen molar-refractivity contribution < 1.29 is 14.3 Å². The molecule has 1 aromatic carbocycles. The van der Waals surface area contributed by atoms with Crippen LogP contribution in [0.1, 0.15) is 115 Å². The Kier molecular flexibility index (Phi) is 10.8. The van der Waals surface area contributed by atoms with Gasteiger partial charge in [-0.3, -0.25) is 4.79 Å². The number of hydrogen-bond acceptors (Lipinski definition) is 3. The zero-order valence-corrected chi connectivity index (χ0v) is 22.6. The molecule has 4 rings (SSSR count). The third-order valence-corrected chi connectivity index (χ3v) is 8.74. The summed E-state index contributed by atoms with van der Waals surface area (Å²) in [5.74, 6) is 0.877. The van der Waals surface area contributed by atoms with Gasteiger partial charge in [0.05, 0.1) is 11.5 Å². The van der Waals surface area contributed by atoms with Crippen molar-refractivity contribution in [3.8, 4) is 0 Å². The lowest BCUT2D eigenvalue weighted by molar-refractivity contribution is -0.196. The molecule has 0 aromatic heterocycles. The zero-order valence-electron chi connectivity index (χ0n) is 22.6. The van der Waals surface area contributed by atoms with E-state index in [9.17, 15) is 4.79 Å². The van der Waals surface area contributed by atoms with Crippen LogP contribution in [0.2, 0.25) is 0 Å². The highest BCUT2D eigenvalue weighted by Gasteiger charge is 2.44. The van der Waals surface area contributed by atoms with Crippen LogP contribution in [0, 0.1) is 11.3 Å². The van der Waals surface area contributed by atoms with Crippen LogP contribution in [-0.4, -0.2) is 24.8 Å². The van der Waals surface area contributed by atoms with Crippen LogP contribution in [-0.2, 0) is 14.3 Å². The third kappa shape index (κ3) is 7.42. The van der Waals surface area contributed by atoms with Gasteiger partial charge < -0.3 is 9.47 Å². The lowest BCUT2D eigenvalue weighted by Crippen LogP contribution is -2.41. The average Bonchev–Trinajstić information content (AvgIpc) is 2.94. The molecule has 0 bridgehead atoms. The van der Waals surface area contributed by atoms with E-state index in [0.29, 0.717) is 11.7 Å². The molecular formula is C33H48O3. The van der Waals surface area contributed by atoms with Gasteiger partial charge in [-0.1, -0.05) is 94.0 Å². The van der Waals surface area contributed by atoms with Crippen LogP contribution < -0.4 is 0 Å². The van der Waals surface area contributed by atoms with Crippen LogP contribution in [0.25, 0.3) is 5.57 Å². The Hall–Kier alpha value is -1.71. The molecular weight excluding hydrogens is 444 g/mol. The Morgan fingerprint density at radius 3 is 2.36 bits per heavy atom. The molecule has 0 spiro atoms. The largest absolute Gasteiger partial charge is 0.353 e. The molecule has 1 aliphatic heterocycles. The van der Waals surface area contributed by atoms with Gasteiger partial charge in [-0.05, 0) is 74.8 Å². The first kappa shape index (κ1) is 27.3. The number of ether oxygens (including phenoxy) is 2. The van der Waals surface area contributed by atoms with Crippen LogP contribution >= 0.6 is 0 Å². The zero-order chi connectivity index (χ0) is 25.1. The number of unbranched alkanes of at least 4 members (excludes halogenated alkanes) is 6. The highest BCUT2D eigenvalue weighted by atomic mass is 16.7. The SMILES string of the molecule is CCCCCCCCCC(=O)C1([C@H]2CC[C@H](OC3CCCCO3)CC2)C=CC(c2ccccc2)=CC1. The molecule has 1 aromatic rings. The lowest BCUT2D eigenvalue weighted by Gasteiger charge is -2.43. The molecule has 3 aliphatic rings. The molecule has 2 unspecified atom stereocenters. The highest BCUT2D eigenvalue weighted by molar-refractivity contribution is 5.90. The number of carbonyl (C=O) groups is 1. The topological polar surface area (TPSA) is 35.5 Å². The Morgan fingerprint density at radius 2 is 1.69 bits per heavy atom. The van der Waals surface area contributed by atoms with Crippen LogP contribution in [0.5, 0.6) is 0 Å². The summed E-state index contributed by atoms with van der Waals surface area (Å²) in [6.07, 6.45) is 25.0. The predicted octanol–water partition coefficient (Wildman–Crippen LogP) is 8.83. The number of allylic oxidation sites excluding steroid dienone is 4. The second kappa shape index (κ2) is 14.3. The fourth-order valence-electron chi connectivity index (χ4n) is 6.46. The Labute approximate surface area is 219 Å². The standard InChI is InChI=1S/C33H48O3/c1-2-3-4-5-6-7-11-16-31(34)33(24-22-28(23-25-33)27-14-9-8-10-15-27)29-18-20-30(21-19-29)36-32-17-12-13-26-35-32/h8-10,14-15,22-24,29-30,32H,2-7,11-13,16-21,25-26H2,1H3/t29-,30-,32?,33?. The molecule has 1 saturated carbocycles. The number of hydrogen-bond donors (Lipinski definition) is 0. The average molecular weight is 493 g/mol. The summed E-state index contributed by atoms with van der Waals surface area (Å²) in [4.78, 5) is 13.9. The predicted molar refractivity (Wildman–Crippen MR) is 149 cm³/mol. The molecule has 2 atom stereocenters. The van der Waals surface area contributed by atoms with E-state index >= 15 is 0 Å². The van der Waals surface area contributed by atoms with Gasteiger partial charge in [-0.2, -0.15) is 0 Å². The van der Waals surface area contributed by atoms with Crippen molar-refractivity contribution in [1.82, 2.24) is 0 Å². The second-order valence-electron chi connectivity index (χ2n) is 11.3. The maximum atomic E-state index is 13.9. The number of Topliss-reactive ketones (excluding diaryl/α,β-unsaturated/α-hetero) is 1. The second-order valence-corrected chi connectivity index (χ2v) is 11.3. The van der Waals surface area contributed by atoms with Crippen LogP contribution in [0.3, 0.4) is 0 Å². The van der Waals surface area contributed by atoms with Gasteiger partial charge in [0, 0.05) is 13.0 Å². The minimum absolute atomic E-state index is 0.0147. The van der Waals surface area contributed by atoms with E-state index in [-0.39, 0.29) is 17.8 Å². The number of carbonyl (C=O) groups excluding carboxylic acids is 1. The summed E-state index contributed by atoms with van der Waals surface area (Å²) in [6.45, 7) is 3.09. The minimum atomic E-state index is -0.340. The molecule has 0 amide bonds.